The Balaban J connectivity index is 2.00. The van der Waals surface area contributed by atoms with Crippen LogP contribution >= 0.6 is 11.6 Å². The zero-order valence-corrected chi connectivity index (χ0v) is 17.8. The van der Waals surface area contributed by atoms with E-state index < -0.39 is 18.3 Å². The van der Waals surface area contributed by atoms with E-state index in [0.29, 0.717) is 13.0 Å². The highest BCUT2D eigenvalue weighted by atomic mass is 35.5. The van der Waals surface area contributed by atoms with E-state index in [9.17, 15) is 4.79 Å². The van der Waals surface area contributed by atoms with Gasteiger partial charge in [-0.1, -0.05) is 23.7 Å². The first-order valence-corrected chi connectivity index (χ1v) is 9.91. The fourth-order valence-electron chi connectivity index (χ4n) is 3.02. The van der Waals surface area contributed by atoms with Crippen molar-refractivity contribution in [3.05, 3.63) is 34.9 Å². The Hall–Kier alpha value is -1.08. The number of halogens is 1. The SMILES string of the molecule is COCCC(=O)N[C@@H](CCCc1cccc(Cl)c1)B1OC(C)(C)C(C)(C)O1. The Morgan fingerprint density at radius 2 is 1.93 bits per heavy atom. The van der Waals surface area contributed by atoms with Gasteiger partial charge in [0.25, 0.3) is 0 Å². The normalized spacial score (nSPS) is 19.1. The lowest BCUT2D eigenvalue weighted by Crippen LogP contribution is -2.48. The summed E-state index contributed by atoms with van der Waals surface area (Å²) in [5.74, 6) is -0.270. The van der Waals surface area contributed by atoms with E-state index in [1.165, 1.54) is 5.56 Å². The Kier molecular flexibility index (Phi) is 7.75. The van der Waals surface area contributed by atoms with Crippen LogP contribution in [0.2, 0.25) is 5.02 Å². The summed E-state index contributed by atoms with van der Waals surface area (Å²) in [7, 11) is 1.12. The van der Waals surface area contributed by atoms with Gasteiger partial charge in [-0.05, 0) is 64.7 Å². The van der Waals surface area contributed by atoms with Crippen molar-refractivity contribution in [3.63, 3.8) is 0 Å². The molecule has 0 saturated carbocycles. The Morgan fingerprint density at radius 3 is 2.52 bits per heavy atom. The van der Waals surface area contributed by atoms with Gasteiger partial charge in [0.05, 0.1) is 23.8 Å². The molecule has 0 unspecified atom stereocenters. The van der Waals surface area contributed by atoms with Gasteiger partial charge in [-0.15, -0.1) is 0 Å². The Morgan fingerprint density at radius 1 is 1.26 bits per heavy atom. The molecule has 0 radical (unpaired) electrons. The van der Waals surface area contributed by atoms with Gasteiger partial charge in [-0.3, -0.25) is 4.79 Å². The van der Waals surface area contributed by atoms with Crippen molar-refractivity contribution < 1.29 is 18.8 Å². The quantitative estimate of drug-likeness (QED) is 0.646. The number of amides is 1. The van der Waals surface area contributed by atoms with Gasteiger partial charge in [-0.25, -0.2) is 0 Å². The minimum atomic E-state index is -0.471. The van der Waals surface area contributed by atoms with E-state index in [-0.39, 0.29) is 11.8 Å². The Labute approximate surface area is 168 Å². The van der Waals surface area contributed by atoms with Gasteiger partial charge >= 0.3 is 7.12 Å². The minimum absolute atomic E-state index is 0.0562. The summed E-state index contributed by atoms with van der Waals surface area (Å²) < 4.78 is 17.3. The minimum Gasteiger partial charge on any atom is -0.402 e. The molecular formula is C20H31BClNO4. The predicted molar refractivity (Wildman–Crippen MR) is 109 cm³/mol. The lowest BCUT2D eigenvalue weighted by atomic mass is 9.75. The van der Waals surface area contributed by atoms with Crippen molar-refractivity contribution in [2.75, 3.05) is 13.7 Å². The highest BCUT2D eigenvalue weighted by molar-refractivity contribution is 6.48. The van der Waals surface area contributed by atoms with Gasteiger partial charge in [-0.2, -0.15) is 0 Å². The first-order chi connectivity index (χ1) is 12.6. The van der Waals surface area contributed by atoms with Crippen molar-refractivity contribution >= 4 is 24.6 Å². The van der Waals surface area contributed by atoms with Crippen molar-refractivity contribution in [1.82, 2.24) is 5.32 Å². The second kappa shape index (κ2) is 9.42. The van der Waals surface area contributed by atoms with Crippen molar-refractivity contribution in [2.24, 2.45) is 0 Å². The summed E-state index contributed by atoms with van der Waals surface area (Å²) >= 11 is 6.06. The van der Waals surface area contributed by atoms with Gasteiger partial charge in [0, 0.05) is 18.6 Å². The number of nitrogens with one attached hydrogen (secondary N) is 1. The topological polar surface area (TPSA) is 56.8 Å². The molecule has 1 aromatic rings. The first kappa shape index (κ1) is 22.2. The number of rotatable bonds is 9. The van der Waals surface area contributed by atoms with Gasteiger partial charge in [0.1, 0.15) is 0 Å². The highest BCUT2D eigenvalue weighted by Gasteiger charge is 2.53. The maximum atomic E-state index is 12.2. The second-order valence-corrected chi connectivity index (χ2v) is 8.50. The molecular weight excluding hydrogens is 364 g/mol. The summed E-state index contributed by atoms with van der Waals surface area (Å²) in [6, 6.07) is 7.86. The number of carbonyl (C=O) groups is 1. The average Bonchev–Trinajstić information content (AvgIpc) is 2.80. The largest absolute Gasteiger partial charge is 0.481 e. The fourth-order valence-corrected chi connectivity index (χ4v) is 3.23. The molecule has 1 saturated heterocycles. The van der Waals surface area contributed by atoms with Gasteiger partial charge in [0.15, 0.2) is 0 Å². The molecule has 1 fully saturated rings. The van der Waals surface area contributed by atoms with Crippen molar-refractivity contribution in [3.8, 4) is 0 Å². The number of hydrogen-bond donors (Lipinski definition) is 1. The summed E-state index contributed by atoms with van der Waals surface area (Å²) in [5.41, 5.74) is 0.321. The molecule has 0 bridgehead atoms. The molecule has 1 heterocycles. The number of hydrogen-bond acceptors (Lipinski definition) is 4. The van der Waals surface area contributed by atoms with Crippen LogP contribution in [0.25, 0.3) is 0 Å². The third-order valence-corrected chi connectivity index (χ3v) is 5.58. The molecule has 1 aliphatic rings. The number of aryl methyl sites for hydroxylation is 1. The molecule has 0 aliphatic carbocycles. The van der Waals surface area contributed by atoms with Crippen LogP contribution in [0, 0.1) is 0 Å². The molecule has 1 amide bonds. The molecule has 2 rings (SSSR count). The summed E-state index contributed by atoms with van der Waals surface area (Å²) in [6.07, 6.45) is 2.84. The monoisotopic (exact) mass is 395 g/mol. The number of carbonyl (C=O) groups excluding carboxylic acids is 1. The molecule has 1 N–H and O–H groups in total. The van der Waals surface area contributed by atoms with E-state index in [2.05, 4.69) is 11.4 Å². The summed E-state index contributed by atoms with van der Waals surface area (Å²) in [6.45, 7) is 8.46. The van der Waals surface area contributed by atoms with Crippen LogP contribution < -0.4 is 5.32 Å². The summed E-state index contributed by atoms with van der Waals surface area (Å²) in [4.78, 5) is 12.2. The van der Waals surface area contributed by atoms with E-state index >= 15 is 0 Å². The number of methoxy groups -OCH3 is 1. The third kappa shape index (κ3) is 6.21. The maximum absolute atomic E-state index is 12.2. The molecule has 1 aliphatic heterocycles. The van der Waals surface area contributed by atoms with Gasteiger partial charge < -0.3 is 19.4 Å². The molecule has 5 nitrogen and oxygen atoms in total. The van der Waals surface area contributed by atoms with E-state index in [1.807, 2.05) is 45.9 Å². The lowest BCUT2D eigenvalue weighted by molar-refractivity contribution is -0.122. The van der Waals surface area contributed by atoms with Crippen molar-refractivity contribution in [2.45, 2.75) is 70.5 Å². The smallest absolute Gasteiger partial charge is 0.402 e. The van der Waals surface area contributed by atoms with Gasteiger partial charge in [0.2, 0.25) is 5.91 Å². The highest BCUT2D eigenvalue weighted by Crippen LogP contribution is 2.38. The average molecular weight is 396 g/mol. The van der Waals surface area contributed by atoms with Crippen LogP contribution in [0.4, 0.5) is 0 Å². The van der Waals surface area contributed by atoms with Crippen LogP contribution in [0.15, 0.2) is 24.3 Å². The molecule has 0 aromatic heterocycles. The predicted octanol–water partition coefficient (Wildman–Crippen LogP) is 3.82. The van der Waals surface area contributed by atoms with E-state index in [0.717, 1.165) is 24.3 Å². The molecule has 1 aromatic carbocycles. The lowest BCUT2D eigenvalue weighted by Gasteiger charge is -2.32. The first-order valence-electron chi connectivity index (χ1n) is 9.53. The van der Waals surface area contributed by atoms with Crippen LogP contribution in [0.3, 0.4) is 0 Å². The van der Waals surface area contributed by atoms with Crippen LogP contribution in [0.1, 0.15) is 52.5 Å². The maximum Gasteiger partial charge on any atom is 0.481 e. The number of benzene rings is 1. The van der Waals surface area contributed by atoms with E-state index in [4.69, 9.17) is 25.6 Å². The molecule has 0 spiro atoms. The molecule has 7 heteroatoms. The zero-order valence-electron chi connectivity index (χ0n) is 17.0. The fraction of sp³-hybridized carbons (Fsp3) is 0.650. The second-order valence-electron chi connectivity index (χ2n) is 8.06. The van der Waals surface area contributed by atoms with Crippen molar-refractivity contribution in [1.29, 1.82) is 0 Å². The molecule has 150 valence electrons. The number of ether oxygens (including phenoxy) is 1. The standard InChI is InChI=1S/C20H31BClNO4/c1-19(2)20(3,4)27-21(26-19)17(23-18(24)12-13-25-5)11-7-9-15-8-6-10-16(22)14-15/h6,8,10,14,17H,7,9,11-13H2,1-5H3,(H,23,24)/t17-/m0/s1. The van der Waals surface area contributed by atoms with E-state index in [1.54, 1.807) is 7.11 Å². The molecule has 27 heavy (non-hydrogen) atoms. The Bertz CT molecular complexity index is 622. The summed E-state index contributed by atoms with van der Waals surface area (Å²) in [5, 5.41) is 3.81. The zero-order chi connectivity index (χ0) is 20.1. The van der Waals surface area contributed by atoms with Crippen LogP contribution in [-0.2, 0) is 25.3 Å². The molecule has 1 atom stereocenters. The third-order valence-electron chi connectivity index (χ3n) is 5.35. The van der Waals surface area contributed by atoms with Crippen LogP contribution in [-0.4, -0.2) is 43.9 Å². The van der Waals surface area contributed by atoms with Crippen LogP contribution in [0.5, 0.6) is 0 Å².